The molecule has 0 bridgehead atoms. The Hall–Kier alpha value is -3.44. The molecule has 0 spiro atoms. The van der Waals surface area contributed by atoms with Crippen molar-refractivity contribution in [1.29, 1.82) is 0 Å². The van der Waals surface area contributed by atoms with Gasteiger partial charge >= 0.3 is 5.97 Å². The molecule has 2 aromatic carbocycles. The first kappa shape index (κ1) is 37.6. The molecule has 0 aliphatic rings. The summed E-state index contributed by atoms with van der Waals surface area (Å²) in [5.41, 5.74) is 4.82. The summed E-state index contributed by atoms with van der Waals surface area (Å²) in [6, 6.07) is 17.4. The number of aryl methyl sites for hydroxylation is 1. The molecule has 1 N–H and O–H groups in total. The molecule has 41 heavy (non-hydrogen) atoms. The van der Waals surface area contributed by atoms with E-state index in [-0.39, 0.29) is 11.4 Å². The summed E-state index contributed by atoms with van der Waals surface area (Å²) in [7, 11) is 0. The zero-order valence-corrected chi connectivity index (χ0v) is 26.6. The number of halogens is 2. The minimum Gasteiger partial charge on any atom is -0.478 e. The molecular formula is C35H48ClFN2O2. The summed E-state index contributed by atoms with van der Waals surface area (Å²) < 4.78 is 13.1. The zero-order chi connectivity index (χ0) is 31.2. The van der Waals surface area contributed by atoms with Gasteiger partial charge in [-0.2, -0.15) is 0 Å². The lowest BCUT2D eigenvalue weighted by Gasteiger charge is -2.29. The van der Waals surface area contributed by atoms with E-state index in [0.29, 0.717) is 24.4 Å². The van der Waals surface area contributed by atoms with Crippen LogP contribution in [0.2, 0.25) is 5.02 Å². The van der Waals surface area contributed by atoms with Crippen molar-refractivity contribution in [3.8, 4) is 0 Å². The van der Waals surface area contributed by atoms with Gasteiger partial charge in [0.2, 0.25) is 0 Å². The second-order valence-electron chi connectivity index (χ2n) is 8.93. The number of hydrogen-bond acceptors (Lipinski definition) is 3. The number of benzene rings is 2. The molecule has 6 heteroatoms. The monoisotopic (exact) mass is 582 g/mol. The Morgan fingerprint density at radius 2 is 1.56 bits per heavy atom. The van der Waals surface area contributed by atoms with Crippen LogP contribution in [-0.2, 0) is 12.8 Å². The van der Waals surface area contributed by atoms with Gasteiger partial charge in [0.25, 0.3) is 0 Å². The van der Waals surface area contributed by atoms with Crippen LogP contribution >= 0.6 is 11.6 Å². The van der Waals surface area contributed by atoms with E-state index in [0.717, 1.165) is 35.5 Å². The maximum absolute atomic E-state index is 13.1. The highest BCUT2D eigenvalue weighted by molar-refractivity contribution is 6.30. The molecule has 1 aromatic heterocycles. The maximum atomic E-state index is 13.1. The molecule has 0 aliphatic carbocycles. The van der Waals surface area contributed by atoms with Crippen molar-refractivity contribution in [2.45, 2.75) is 80.6 Å². The molecule has 4 nitrogen and oxygen atoms in total. The summed E-state index contributed by atoms with van der Waals surface area (Å²) in [6.07, 6.45) is 8.41. The first-order valence-corrected chi connectivity index (χ1v) is 14.9. The third-order valence-corrected chi connectivity index (χ3v) is 5.93. The first-order valence-electron chi connectivity index (χ1n) is 14.5. The predicted octanol–water partition coefficient (Wildman–Crippen LogP) is 10.5. The van der Waals surface area contributed by atoms with Gasteiger partial charge in [0.05, 0.1) is 17.0 Å². The average molecular weight is 583 g/mol. The molecule has 0 unspecified atom stereocenters. The molecule has 1 heterocycles. The van der Waals surface area contributed by atoms with E-state index in [2.05, 4.69) is 44.2 Å². The fourth-order valence-corrected chi connectivity index (χ4v) is 3.74. The summed E-state index contributed by atoms with van der Waals surface area (Å²) in [4.78, 5) is 17.6. The van der Waals surface area contributed by atoms with Crippen molar-refractivity contribution in [3.05, 3.63) is 118 Å². The summed E-state index contributed by atoms with van der Waals surface area (Å²) >= 11 is 5.67. The number of hydrogen-bond donors (Lipinski definition) is 1. The van der Waals surface area contributed by atoms with Crippen LogP contribution in [-0.4, -0.2) is 27.5 Å². The lowest BCUT2D eigenvalue weighted by atomic mass is 10.1. The molecule has 224 valence electrons. The number of carbonyl (C=O) groups is 1. The van der Waals surface area contributed by atoms with Gasteiger partial charge in [0, 0.05) is 23.5 Å². The second-order valence-corrected chi connectivity index (χ2v) is 9.36. The summed E-state index contributed by atoms with van der Waals surface area (Å²) in [5.74, 6) is -1.25. The van der Waals surface area contributed by atoms with E-state index in [4.69, 9.17) is 11.6 Å². The molecule has 0 amide bonds. The number of aromatic nitrogens is 1. The molecule has 0 atom stereocenters. The van der Waals surface area contributed by atoms with Gasteiger partial charge in [-0.1, -0.05) is 103 Å². The third-order valence-electron chi connectivity index (χ3n) is 5.67. The molecule has 0 radical (unpaired) electrons. The van der Waals surface area contributed by atoms with Crippen molar-refractivity contribution < 1.29 is 14.3 Å². The van der Waals surface area contributed by atoms with Crippen LogP contribution in [0.25, 0.3) is 5.70 Å². The highest BCUT2D eigenvalue weighted by Gasteiger charge is 2.16. The van der Waals surface area contributed by atoms with Gasteiger partial charge in [-0.05, 0) is 73.7 Å². The van der Waals surface area contributed by atoms with Crippen molar-refractivity contribution in [3.63, 3.8) is 0 Å². The predicted molar refractivity (Wildman–Crippen MR) is 174 cm³/mol. The molecule has 0 fully saturated rings. The third kappa shape index (κ3) is 14.7. The Bertz CT molecular complexity index is 1180. The summed E-state index contributed by atoms with van der Waals surface area (Å²) in [5, 5.41) is 10.0. The average Bonchev–Trinajstić information content (AvgIpc) is 2.99. The quantitative estimate of drug-likeness (QED) is 0.258. The van der Waals surface area contributed by atoms with Crippen LogP contribution < -0.4 is 0 Å². The first-order chi connectivity index (χ1) is 19.7. The topological polar surface area (TPSA) is 53.4 Å². The number of pyridine rings is 1. The van der Waals surface area contributed by atoms with Gasteiger partial charge in [-0.3, -0.25) is 4.98 Å². The van der Waals surface area contributed by atoms with E-state index >= 15 is 0 Å². The second kappa shape index (κ2) is 22.3. The van der Waals surface area contributed by atoms with Crippen LogP contribution in [0.1, 0.15) is 94.9 Å². The number of allylic oxidation sites excluding steroid dienone is 2. The minimum atomic E-state index is -0.996. The normalized spacial score (nSPS) is 10.1. The molecule has 0 aliphatic heterocycles. The highest BCUT2D eigenvalue weighted by Crippen LogP contribution is 2.24. The Morgan fingerprint density at radius 1 is 1.00 bits per heavy atom. The zero-order valence-electron chi connectivity index (χ0n) is 25.9. The lowest BCUT2D eigenvalue weighted by Crippen LogP contribution is -2.24. The van der Waals surface area contributed by atoms with E-state index in [1.807, 2.05) is 51.1 Å². The molecule has 0 saturated carbocycles. The molecule has 0 saturated heterocycles. The van der Waals surface area contributed by atoms with Crippen LogP contribution in [0.5, 0.6) is 0 Å². The molecule has 3 rings (SSSR count). The van der Waals surface area contributed by atoms with Gasteiger partial charge < -0.3 is 10.0 Å². The van der Waals surface area contributed by atoms with E-state index in [1.54, 1.807) is 12.1 Å². The SMILES string of the molecule is C=C(c1cc(C(=O)O)ccn1)N(CCc1ccc(F)cc1)/C(=C\C)CCC.CC.CCC.CCc1ccc(Cl)cc1. The summed E-state index contributed by atoms with van der Waals surface area (Å²) in [6.45, 7) is 19.3. The number of nitrogens with zero attached hydrogens (tertiary/aromatic N) is 2. The van der Waals surface area contributed by atoms with Gasteiger partial charge in [-0.15, -0.1) is 0 Å². The van der Waals surface area contributed by atoms with Crippen molar-refractivity contribution >= 4 is 23.3 Å². The Morgan fingerprint density at radius 3 is 2.05 bits per heavy atom. The van der Waals surface area contributed by atoms with Crippen LogP contribution in [0.15, 0.2) is 85.2 Å². The Kier molecular flexibility index (Phi) is 20.4. The number of aromatic carboxylic acids is 1. The van der Waals surface area contributed by atoms with Crippen LogP contribution in [0, 0.1) is 5.82 Å². The number of carboxylic acid groups (broad SMARTS) is 1. The maximum Gasteiger partial charge on any atom is 0.335 e. The molecule has 3 aromatic rings. The van der Waals surface area contributed by atoms with Gasteiger partial charge in [0.15, 0.2) is 0 Å². The number of carboxylic acids is 1. The standard InChI is InChI=1S/C22H25FN2O2.C8H9Cl.C3H8.C2H6/c1-4-6-20(5-2)25(14-12-17-7-9-19(23)10-8-17)16(3)21-15-18(22(26)27)11-13-24-21;1-2-7-3-5-8(9)6-4-7;1-3-2;1-2/h5,7-11,13,15H,3-4,6,12,14H2,1-2H3,(H,26,27);3-6H,2H2,1H3;3H2,1-2H3;1-2H3/b20-5-;;;. The van der Waals surface area contributed by atoms with Gasteiger partial charge in [-0.25, -0.2) is 9.18 Å². The van der Waals surface area contributed by atoms with E-state index in [1.165, 1.54) is 42.4 Å². The minimum absolute atomic E-state index is 0.178. The van der Waals surface area contributed by atoms with Crippen LogP contribution in [0.3, 0.4) is 0 Å². The van der Waals surface area contributed by atoms with Crippen molar-refractivity contribution in [1.82, 2.24) is 9.88 Å². The Balaban J connectivity index is 0.000000944. The van der Waals surface area contributed by atoms with Crippen molar-refractivity contribution in [2.24, 2.45) is 0 Å². The fourth-order valence-electron chi connectivity index (χ4n) is 3.61. The lowest BCUT2D eigenvalue weighted by molar-refractivity contribution is 0.0696. The highest BCUT2D eigenvalue weighted by atomic mass is 35.5. The Labute approximate surface area is 252 Å². The van der Waals surface area contributed by atoms with Gasteiger partial charge in [0.1, 0.15) is 5.82 Å². The largest absolute Gasteiger partial charge is 0.478 e. The fraction of sp³-hybridized carbons (Fsp3) is 0.371. The van der Waals surface area contributed by atoms with E-state index < -0.39 is 5.97 Å². The van der Waals surface area contributed by atoms with Crippen LogP contribution in [0.4, 0.5) is 4.39 Å². The van der Waals surface area contributed by atoms with Crippen molar-refractivity contribution in [2.75, 3.05) is 6.54 Å². The molecular weight excluding hydrogens is 535 g/mol. The smallest absolute Gasteiger partial charge is 0.335 e. The van der Waals surface area contributed by atoms with E-state index in [9.17, 15) is 14.3 Å². The number of rotatable bonds is 10.